The fourth-order valence-electron chi connectivity index (χ4n) is 2.85. The Labute approximate surface area is 186 Å². The van der Waals surface area contributed by atoms with Crippen LogP contribution in [0.5, 0.6) is 11.6 Å². The molecule has 0 saturated heterocycles. The molecule has 0 aliphatic heterocycles. The van der Waals surface area contributed by atoms with Crippen LogP contribution in [0.3, 0.4) is 0 Å². The summed E-state index contributed by atoms with van der Waals surface area (Å²) in [5, 5.41) is 2.69. The molecule has 2 aromatic carbocycles. The average molecular weight is 457 g/mol. The van der Waals surface area contributed by atoms with E-state index in [-0.39, 0.29) is 35.0 Å². The molecule has 0 spiro atoms. The lowest BCUT2D eigenvalue weighted by Crippen LogP contribution is -2.20. The summed E-state index contributed by atoms with van der Waals surface area (Å²) in [7, 11) is -2.46. The number of rotatable bonds is 9. The largest absolute Gasteiger partial charge is 0.483 e. The zero-order valence-electron chi connectivity index (χ0n) is 17.9. The minimum absolute atomic E-state index is 0.00943. The molecule has 168 valence electrons. The van der Waals surface area contributed by atoms with E-state index in [1.807, 2.05) is 38.1 Å². The van der Waals surface area contributed by atoms with Gasteiger partial charge in [0.15, 0.2) is 6.61 Å². The maximum absolute atomic E-state index is 12.6. The van der Waals surface area contributed by atoms with E-state index < -0.39 is 10.0 Å². The zero-order chi connectivity index (χ0) is 23.1. The Hall–Kier alpha value is -3.66. The first-order chi connectivity index (χ1) is 15.3. The summed E-state index contributed by atoms with van der Waals surface area (Å²) < 4.78 is 38.1. The minimum atomic E-state index is -3.88. The molecule has 0 atom stereocenters. The number of carbonyl (C=O) groups excluding carboxylic acids is 1. The van der Waals surface area contributed by atoms with Crippen LogP contribution in [0.2, 0.25) is 0 Å². The van der Waals surface area contributed by atoms with Gasteiger partial charge in [0.05, 0.1) is 12.0 Å². The second-order valence-electron chi connectivity index (χ2n) is 7.10. The van der Waals surface area contributed by atoms with E-state index >= 15 is 0 Å². The van der Waals surface area contributed by atoms with Crippen LogP contribution in [0.15, 0.2) is 65.8 Å². The molecule has 9 nitrogen and oxygen atoms in total. The van der Waals surface area contributed by atoms with Crippen molar-refractivity contribution < 1.29 is 22.7 Å². The van der Waals surface area contributed by atoms with E-state index in [2.05, 4.69) is 20.0 Å². The third kappa shape index (κ3) is 5.94. The Morgan fingerprint density at radius 2 is 1.78 bits per heavy atom. The molecule has 10 heteroatoms. The minimum Gasteiger partial charge on any atom is -0.483 e. The number of hydrogen-bond donors (Lipinski definition) is 2. The van der Waals surface area contributed by atoms with E-state index in [4.69, 9.17) is 9.47 Å². The first kappa shape index (κ1) is 23.0. The van der Waals surface area contributed by atoms with Crippen LogP contribution < -0.4 is 19.5 Å². The van der Waals surface area contributed by atoms with E-state index in [1.165, 1.54) is 43.8 Å². The molecule has 0 bridgehead atoms. The van der Waals surface area contributed by atoms with E-state index in [1.54, 1.807) is 0 Å². The highest BCUT2D eigenvalue weighted by Gasteiger charge is 2.16. The molecule has 3 aromatic rings. The third-order valence-electron chi connectivity index (χ3n) is 4.44. The maximum atomic E-state index is 12.6. The predicted molar refractivity (Wildman–Crippen MR) is 120 cm³/mol. The molecular formula is C22H24N4O5S. The standard InChI is InChI=1S/C22H24N4O5S/c1-15(2)18-6-4-5-7-19(18)31-13-21(27)25-16-8-10-17(11-9-16)32(28,29)26-20-12-22(30-3)24-14-23-20/h4-12,14-15H,13H2,1-3H3,(H,25,27)(H,23,24,26). The summed E-state index contributed by atoms with van der Waals surface area (Å²) in [6.45, 7) is 3.93. The Kier molecular flexibility index (Phi) is 7.26. The van der Waals surface area contributed by atoms with Crippen molar-refractivity contribution in [3.8, 4) is 11.6 Å². The Bertz CT molecular complexity index is 1180. The van der Waals surface area contributed by atoms with Gasteiger partial charge in [-0.05, 0) is 41.8 Å². The summed E-state index contributed by atoms with van der Waals surface area (Å²) in [5.41, 5.74) is 1.46. The monoisotopic (exact) mass is 456 g/mol. The van der Waals surface area contributed by atoms with Crippen LogP contribution in [0.4, 0.5) is 11.5 Å². The molecule has 1 aromatic heterocycles. The molecule has 1 amide bonds. The molecule has 2 N–H and O–H groups in total. The highest BCUT2D eigenvalue weighted by Crippen LogP contribution is 2.26. The summed E-state index contributed by atoms with van der Waals surface area (Å²) in [4.78, 5) is 20.0. The van der Waals surface area contributed by atoms with Gasteiger partial charge in [-0.15, -0.1) is 0 Å². The SMILES string of the molecule is COc1cc(NS(=O)(=O)c2ccc(NC(=O)COc3ccccc3C(C)C)cc2)ncn1. The van der Waals surface area contributed by atoms with Gasteiger partial charge in [0.1, 0.15) is 17.9 Å². The molecule has 0 radical (unpaired) electrons. The van der Waals surface area contributed by atoms with Crippen molar-refractivity contribution in [2.45, 2.75) is 24.7 Å². The molecule has 0 unspecified atom stereocenters. The summed E-state index contributed by atoms with van der Waals surface area (Å²) in [6, 6.07) is 14.7. The number of para-hydroxylation sites is 1. The van der Waals surface area contributed by atoms with E-state index in [0.29, 0.717) is 11.4 Å². The number of amides is 1. The lowest BCUT2D eigenvalue weighted by molar-refractivity contribution is -0.118. The quantitative estimate of drug-likeness (QED) is 0.506. The molecule has 0 fully saturated rings. The Morgan fingerprint density at radius 3 is 2.47 bits per heavy atom. The molecule has 0 saturated carbocycles. The molecule has 3 rings (SSSR count). The van der Waals surface area contributed by atoms with Crippen molar-refractivity contribution in [2.75, 3.05) is 23.8 Å². The first-order valence-electron chi connectivity index (χ1n) is 9.79. The number of nitrogens with one attached hydrogen (secondary N) is 2. The number of aromatic nitrogens is 2. The van der Waals surface area contributed by atoms with Gasteiger partial charge in [-0.25, -0.2) is 18.4 Å². The van der Waals surface area contributed by atoms with Gasteiger partial charge in [0, 0.05) is 11.8 Å². The predicted octanol–water partition coefficient (Wildman–Crippen LogP) is 3.43. The van der Waals surface area contributed by atoms with Crippen molar-refractivity contribution in [1.82, 2.24) is 9.97 Å². The van der Waals surface area contributed by atoms with Crippen molar-refractivity contribution in [3.63, 3.8) is 0 Å². The lowest BCUT2D eigenvalue weighted by Gasteiger charge is -2.14. The second kappa shape index (κ2) is 10.1. The number of benzene rings is 2. The summed E-state index contributed by atoms with van der Waals surface area (Å²) in [5.74, 6) is 0.875. The molecule has 0 aliphatic carbocycles. The molecule has 1 heterocycles. The van der Waals surface area contributed by atoms with Gasteiger partial charge in [0.25, 0.3) is 15.9 Å². The van der Waals surface area contributed by atoms with Gasteiger partial charge < -0.3 is 14.8 Å². The first-order valence-corrected chi connectivity index (χ1v) is 11.3. The van der Waals surface area contributed by atoms with Crippen molar-refractivity contribution in [3.05, 3.63) is 66.5 Å². The molecule has 0 aliphatic rings. The number of ether oxygens (including phenoxy) is 2. The summed E-state index contributed by atoms with van der Waals surface area (Å²) >= 11 is 0. The van der Waals surface area contributed by atoms with Crippen LogP contribution in [0.1, 0.15) is 25.3 Å². The highest BCUT2D eigenvalue weighted by molar-refractivity contribution is 7.92. The topological polar surface area (TPSA) is 120 Å². The average Bonchev–Trinajstić information content (AvgIpc) is 2.78. The maximum Gasteiger partial charge on any atom is 0.263 e. The number of nitrogens with zero attached hydrogens (tertiary/aromatic N) is 2. The highest BCUT2D eigenvalue weighted by atomic mass is 32.2. The number of hydrogen-bond acceptors (Lipinski definition) is 7. The van der Waals surface area contributed by atoms with Crippen LogP contribution in [-0.2, 0) is 14.8 Å². The van der Waals surface area contributed by atoms with Crippen LogP contribution >= 0.6 is 0 Å². The van der Waals surface area contributed by atoms with Crippen LogP contribution in [-0.4, -0.2) is 38.0 Å². The van der Waals surface area contributed by atoms with Crippen molar-refractivity contribution in [1.29, 1.82) is 0 Å². The second-order valence-corrected chi connectivity index (χ2v) is 8.79. The molecular weight excluding hydrogens is 432 g/mol. The van der Waals surface area contributed by atoms with Gasteiger partial charge in [-0.3, -0.25) is 9.52 Å². The fourth-order valence-corrected chi connectivity index (χ4v) is 3.85. The van der Waals surface area contributed by atoms with Crippen molar-refractivity contribution >= 4 is 27.4 Å². The number of anilines is 2. The smallest absolute Gasteiger partial charge is 0.263 e. The number of carbonyl (C=O) groups is 1. The van der Waals surface area contributed by atoms with Crippen LogP contribution in [0.25, 0.3) is 0 Å². The van der Waals surface area contributed by atoms with Crippen molar-refractivity contribution in [2.24, 2.45) is 0 Å². The number of methoxy groups -OCH3 is 1. The van der Waals surface area contributed by atoms with Gasteiger partial charge in [-0.1, -0.05) is 32.0 Å². The Morgan fingerprint density at radius 1 is 1.06 bits per heavy atom. The van der Waals surface area contributed by atoms with E-state index in [0.717, 1.165) is 5.56 Å². The Balaban J connectivity index is 1.61. The fraction of sp³-hybridized carbons (Fsp3) is 0.227. The number of sulfonamides is 1. The lowest BCUT2D eigenvalue weighted by atomic mass is 10.0. The van der Waals surface area contributed by atoms with Gasteiger partial charge in [0.2, 0.25) is 5.88 Å². The third-order valence-corrected chi connectivity index (χ3v) is 5.81. The van der Waals surface area contributed by atoms with Gasteiger partial charge >= 0.3 is 0 Å². The van der Waals surface area contributed by atoms with Crippen LogP contribution in [0, 0.1) is 0 Å². The zero-order valence-corrected chi connectivity index (χ0v) is 18.7. The molecule has 32 heavy (non-hydrogen) atoms. The van der Waals surface area contributed by atoms with Gasteiger partial charge in [-0.2, -0.15) is 0 Å². The normalized spacial score (nSPS) is 11.1. The summed E-state index contributed by atoms with van der Waals surface area (Å²) in [6.07, 6.45) is 1.19. The van der Waals surface area contributed by atoms with E-state index in [9.17, 15) is 13.2 Å².